The van der Waals surface area contributed by atoms with Crippen molar-refractivity contribution in [1.29, 1.82) is 0 Å². The number of nitrogens with one attached hydrogen (secondary N) is 3. The number of hydrogen-bond donors (Lipinski definition) is 3. The Morgan fingerprint density at radius 1 is 1.17 bits per heavy atom. The van der Waals surface area contributed by atoms with Crippen molar-refractivity contribution < 1.29 is 9.59 Å². The van der Waals surface area contributed by atoms with Gasteiger partial charge in [-0.15, -0.1) is 0 Å². The first-order chi connectivity index (χ1) is 14.5. The molecule has 2 amide bonds. The van der Waals surface area contributed by atoms with Crippen LogP contribution >= 0.6 is 0 Å². The number of anilines is 1. The van der Waals surface area contributed by atoms with E-state index in [0.29, 0.717) is 17.4 Å². The molecule has 4 atom stereocenters. The van der Waals surface area contributed by atoms with Crippen molar-refractivity contribution in [2.24, 2.45) is 23.7 Å². The van der Waals surface area contributed by atoms with E-state index in [0.717, 1.165) is 63.5 Å². The number of benzene rings is 1. The van der Waals surface area contributed by atoms with Gasteiger partial charge in [-0.3, -0.25) is 9.59 Å². The molecule has 4 fully saturated rings. The molecule has 1 saturated heterocycles. The van der Waals surface area contributed by atoms with Gasteiger partial charge in [0.25, 0.3) is 5.91 Å². The zero-order valence-electron chi connectivity index (χ0n) is 18.0. The Balaban J connectivity index is 1.19. The van der Waals surface area contributed by atoms with E-state index in [1.54, 1.807) is 0 Å². The van der Waals surface area contributed by atoms with Crippen LogP contribution in [0.2, 0.25) is 0 Å². The van der Waals surface area contributed by atoms with E-state index >= 15 is 0 Å². The molecule has 1 aromatic carbocycles. The fourth-order valence-corrected chi connectivity index (χ4v) is 6.22. The molecule has 0 aromatic heterocycles. The largest absolute Gasteiger partial charge is 0.362 e. The number of likely N-dealkylation sites (tertiary alicyclic amines) is 1. The quantitative estimate of drug-likeness (QED) is 0.714. The number of rotatable bonds is 4. The summed E-state index contributed by atoms with van der Waals surface area (Å²) in [4.78, 5) is 28.2. The highest BCUT2D eigenvalue weighted by Gasteiger charge is 2.55. The summed E-state index contributed by atoms with van der Waals surface area (Å²) in [5, 5.41) is 10.2. The first-order valence-electron chi connectivity index (χ1n) is 11.7. The fraction of sp³-hybridized carbons (Fsp3) is 0.667. The summed E-state index contributed by atoms with van der Waals surface area (Å²) < 4.78 is 0. The number of para-hydroxylation sites is 1. The molecule has 2 bridgehead atoms. The normalized spacial score (nSPS) is 33.6. The third-order valence-electron chi connectivity index (χ3n) is 8.08. The van der Waals surface area contributed by atoms with Crippen molar-refractivity contribution in [2.45, 2.75) is 51.1 Å². The van der Waals surface area contributed by atoms with Crippen molar-refractivity contribution >= 4 is 17.5 Å². The lowest BCUT2D eigenvalue weighted by atomic mass is 9.58. The van der Waals surface area contributed by atoms with Gasteiger partial charge < -0.3 is 20.9 Å². The maximum Gasteiger partial charge on any atom is 0.255 e. The summed E-state index contributed by atoms with van der Waals surface area (Å²) in [7, 11) is 0. The molecule has 6 heteroatoms. The van der Waals surface area contributed by atoms with Crippen LogP contribution in [0, 0.1) is 23.7 Å². The predicted molar refractivity (Wildman–Crippen MR) is 117 cm³/mol. The molecule has 3 N–H and O–H groups in total. The summed E-state index contributed by atoms with van der Waals surface area (Å²) in [6, 6.07) is 7.73. The fourth-order valence-electron chi connectivity index (χ4n) is 6.22. The first-order valence-corrected chi connectivity index (χ1v) is 11.7. The average molecular weight is 411 g/mol. The predicted octanol–water partition coefficient (Wildman–Crippen LogP) is 2.82. The third kappa shape index (κ3) is 3.59. The number of nitrogens with zero attached hydrogens (tertiary/aromatic N) is 1. The zero-order valence-corrected chi connectivity index (χ0v) is 18.0. The van der Waals surface area contributed by atoms with Gasteiger partial charge in [0, 0.05) is 30.6 Å². The van der Waals surface area contributed by atoms with Gasteiger partial charge >= 0.3 is 0 Å². The molecule has 3 saturated carbocycles. The molecule has 3 unspecified atom stereocenters. The molecule has 6 rings (SSSR count). The van der Waals surface area contributed by atoms with Crippen molar-refractivity contribution in [3.63, 3.8) is 0 Å². The van der Waals surface area contributed by atoms with E-state index in [9.17, 15) is 9.59 Å². The molecule has 1 aromatic rings. The van der Waals surface area contributed by atoms with Crippen LogP contribution in [0.5, 0.6) is 0 Å². The summed E-state index contributed by atoms with van der Waals surface area (Å²) >= 11 is 0. The van der Waals surface area contributed by atoms with Crippen LogP contribution in [0.25, 0.3) is 0 Å². The standard InChI is InChI=1S/C24H34N4O2/c1-16-8-11-28(12-9-16)13-10-25-22(29)20-14-18-7-6-17(20)15-24(18)26-21-5-3-2-4-19(21)23(30)27-24/h2-5,16-18,20,26H,6-15H2,1H3,(H,25,29)(H,27,30)/t17?,18?,20?,24-/m1/s1. The van der Waals surface area contributed by atoms with E-state index in [1.807, 2.05) is 24.3 Å². The minimum Gasteiger partial charge on any atom is -0.362 e. The van der Waals surface area contributed by atoms with E-state index in [2.05, 4.69) is 27.8 Å². The molecule has 6 nitrogen and oxygen atoms in total. The van der Waals surface area contributed by atoms with Crippen molar-refractivity contribution in [3.8, 4) is 0 Å². The lowest BCUT2D eigenvalue weighted by Crippen LogP contribution is -2.68. The van der Waals surface area contributed by atoms with Crippen LogP contribution in [-0.2, 0) is 4.79 Å². The van der Waals surface area contributed by atoms with Gasteiger partial charge in [-0.05, 0) is 75.6 Å². The summed E-state index contributed by atoms with van der Waals surface area (Å²) in [6.45, 7) is 6.33. The smallest absolute Gasteiger partial charge is 0.255 e. The monoisotopic (exact) mass is 410 g/mol. The first kappa shape index (κ1) is 19.9. The molecule has 0 radical (unpaired) electrons. The van der Waals surface area contributed by atoms with Crippen LogP contribution in [0.1, 0.15) is 55.8 Å². The van der Waals surface area contributed by atoms with Crippen molar-refractivity contribution in [2.75, 3.05) is 31.5 Å². The lowest BCUT2D eigenvalue weighted by Gasteiger charge is -2.56. The van der Waals surface area contributed by atoms with E-state index < -0.39 is 5.66 Å². The Hall–Kier alpha value is -2.08. The maximum absolute atomic E-state index is 13.0. The van der Waals surface area contributed by atoms with Crippen molar-refractivity contribution in [1.82, 2.24) is 15.5 Å². The highest BCUT2D eigenvalue weighted by atomic mass is 16.2. The zero-order chi connectivity index (χ0) is 20.7. The molecule has 5 aliphatic rings. The second kappa shape index (κ2) is 7.88. The minimum atomic E-state index is -0.393. The summed E-state index contributed by atoms with van der Waals surface area (Å²) in [5.41, 5.74) is 1.24. The Labute approximate surface area is 179 Å². The minimum absolute atomic E-state index is 0.00810. The number of fused-ring (bicyclic) bond motifs is 3. The van der Waals surface area contributed by atoms with Gasteiger partial charge in [0.15, 0.2) is 0 Å². The Morgan fingerprint density at radius 3 is 2.73 bits per heavy atom. The molecule has 3 aliphatic carbocycles. The van der Waals surface area contributed by atoms with Gasteiger partial charge in [-0.2, -0.15) is 0 Å². The van der Waals surface area contributed by atoms with Crippen LogP contribution in [0.3, 0.4) is 0 Å². The Bertz CT molecular complexity index is 819. The molecule has 2 aliphatic heterocycles. The molecule has 30 heavy (non-hydrogen) atoms. The van der Waals surface area contributed by atoms with Gasteiger partial charge in [0.05, 0.1) is 5.56 Å². The Kier molecular flexibility index (Phi) is 5.21. The van der Waals surface area contributed by atoms with Gasteiger partial charge in [0.2, 0.25) is 5.91 Å². The van der Waals surface area contributed by atoms with E-state index in [4.69, 9.17) is 0 Å². The highest BCUT2D eigenvalue weighted by molar-refractivity contribution is 6.02. The highest BCUT2D eigenvalue weighted by Crippen LogP contribution is 2.51. The van der Waals surface area contributed by atoms with Crippen LogP contribution in [-0.4, -0.2) is 48.6 Å². The van der Waals surface area contributed by atoms with E-state index in [-0.39, 0.29) is 17.7 Å². The maximum atomic E-state index is 13.0. The van der Waals surface area contributed by atoms with Crippen LogP contribution in [0.15, 0.2) is 24.3 Å². The van der Waals surface area contributed by atoms with Crippen LogP contribution in [0.4, 0.5) is 5.69 Å². The van der Waals surface area contributed by atoms with Gasteiger partial charge in [-0.25, -0.2) is 0 Å². The van der Waals surface area contributed by atoms with Gasteiger partial charge in [-0.1, -0.05) is 19.1 Å². The second-order valence-electron chi connectivity index (χ2n) is 9.99. The third-order valence-corrected chi connectivity index (χ3v) is 8.08. The molecule has 1 spiro atoms. The summed E-state index contributed by atoms with van der Waals surface area (Å²) in [5.74, 6) is 1.75. The second-order valence-corrected chi connectivity index (χ2v) is 9.99. The molecule has 162 valence electrons. The number of piperidine rings is 1. The number of carbonyl (C=O) groups excluding carboxylic acids is 2. The molecular weight excluding hydrogens is 376 g/mol. The molecular formula is C24H34N4O2. The average Bonchev–Trinajstić information content (AvgIpc) is 2.75. The summed E-state index contributed by atoms with van der Waals surface area (Å²) in [6.07, 6.45) is 6.37. The van der Waals surface area contributed by atoms with E-state index in [1.165, 1.54) is 12.8 Å². The molecule has 2 heterocycles. The van der Waals surface area contributed by atoms with Crippen LogP contribution < -0.4 is 16.0 Å². The SMILES string of the molecule is CC1CCN(CCNC(=O)C2CC3CCC2C[C@@]32NC(=O)c3ccccc3N2)CC1. The number of amides is 2. The van der Waals surface area contributed by atoms with Gasteiger partial charge in [0.1, 0.15) is 5.66 Å². The topological polar surface area (TPSA) is 73.5 Å². The number of carbonyl (C=O) groups is 2. The number of hydrogen-bond acceptors (Lipinski definition) is 4. The van der Waals surface area contributed by atoms with Crippen molar-refractivity contribution in [3.05, 3.63) is 29.8 Å². The Morgan fingerprint density at radius 2 is 1.97 bits per heavy atom. The lowest BCUT2D eigenvalue weighted by molar-refractivity contribution is -0.132.